The first kappa shape index (κ1) is 27.9. The van der Waals surface area contributed by atoms with Crippen LogP contribution in [-0.4, -0.2) is 20.5 Å². The number of aromatic nitrogens is 1. The molecule has 0 N–H and O–H groups in total. The number of aryl methyl sites for hydroxylation is 1. The predicted molar refractivity (Wildman–Crippen MR) is 142 cm³/mol. The lowest BCUT2D eigenvalue weighted by Gasteiger charge is -2.25. The maximum atomic E-state index is 15.4. The molecule has 0 fully saturated rings. The second kappa shape index (κ2) is 11.3. The number of rotatable bonds is 8. The topological polar surface area (TPSA) is 73.1 Å². The minimum absolute atomic E-state index is 0.0253. The molecule has 0 aliphatic carbocycles. The molecule has 0 bridgehead atoms. The Kier molecular flexibility index (Phi) is 8.13. The normalized spacial score (nSPS) is 11.1. The van der Waals surface area contributed by atoms with Gasteiger partial charge < -0.3 is 9.47 Å². The van der Waals surface area contributed by atoms with Crippen LogP contribution in [0.1, 0.15) is 11.1 Å². The summed E-state index contributed by atoms with van der Waals surface area (Å²) in [5.41, 5.74) is 1.07. The van der Waals surface area contributed by atoms with Crippen molar-refractivity contribution in [3.05, 3.63) is 111 Å². The summed E-state index contributed by atoms with van der Waals surface area (Å²) in [5.74, 6) is -2.35. The molecule has 12 heteroatoms. The number of ether oxygens (including phenoxy) is 2. The van der Waals surface area contributed by atoms with Gasteiger partial charge in [0.1, 0.15) is 45.4 Å². The van der Waals surface area contributed by atoms with Crippen LogP contribution in [0, 0.1) is 30.9 Å². The van der Waals surface area contributed by atoms with Gasteiger partial charge in [-0.3, -0.25) is 0 Å². The predicted octanol–water partition coefficient (Wildman–Crippen LogP) is 7.32. The van der Waals surface area contributed by atoms with Gasteiger partial charge >= 0.3 is 0 Å². The van der Waals surface area contributed by atoms with Gasteiger partial charge in [0.2, 0.25) is 5.69 Å². The molecular weight excluding hydrogens is 599 g/mol. The Hall–Kier alpha value is -4.08. The second-order valence-electron chi connectivity index (χ2n) is 8.18. The highest BCUT2D eigenvalue weighted by molar-refractivity contribution is 9.10. The Morgan fingerprint density at radius 2 is 1.74 bits per heavy atom. The fourth-order valence-corrected chi connectivity index (χ4v) is 5.65. The Labute approximate surface area is 231 Å². The van der Waals surface area contributed by atoms with Crippen molar-refractivity contribution in [1.29, 1.82) is 0 Å². The zero-order valence-electron chi connectivity index (χ0n) is 20.5. The molecule has 1 aromatic heterocycles. The first-order valence-corrected chi connectivity index (χ1v) is 13.4. The van der Waals surface area contributed by atoms with Crippen LogP contribution in [0.2, 0.25) is 0 Å². The van der Waals surface area contributed by atoms with Crippen LogP contribution in [0.4, 0.5) is 24.7 Å². The van der Waals surface area contributed by atoms with Gasteiger partial charge in [-0.2, -0.15) is 0 Å². The van der Waals surface area contributed by atoms with Crippen LogP contribution in [0.3, 0.4) is 0 Å². The first-order chi connectivity index (χ1) is 18.5. The molecule has 3 aromatic carbocycles. The minimum Gasteiger partial charge on any atom is -0.497 e. The fraction of sp³-hybridized carbons (Fsp3) is 0.111. The number of methoxy groups -OCH3 is 1. The van der Waals surface area contributed by atoms with Crippen molar-refractivity contribution < 1.29 is 31.1 Å². The summed E-state index contributed by atoms with van der Waals surface area (Å²) in [6.07, 6.45) is 0.861. The number of hydrogen-bond acceptors (Lipinski definition) is 5. The van der Waals surface area contributed by atoms with Crippen molar-refractivity contribution in [1.82, 2.24) is 4.98 Å². The van der Waals surface area contributed by atoms with Crippen molar-refractivity contribution in [2.75, 3.05) is 11.4 Å². The molecule has 0 spiro atoms. The molecule has 0 saturated heterocycles. The van der Waals surface area contributed by atoms with Crippen LogP contribution in [0.5, 0.6) is 17.2 Å². The molecule has 0 radical (unpaired) electrons. The highest BCUT2D eigenvalue weighted by Crippen LogP contribution is 2.37. The number of sulfonamides is 1. The Morgan fingerprint density at radius 3 is 2.36 bits per heavy atom. The van der Waals surface area contributed by atoms with E-state index in [1.165, 1.54) is 25.3 Å². The average Bonchev–Trinajstić information content (AvgIpc) is 2.90. The van der Waals surface area contributed by atoms with Crippen molar-refractivity contribution in [3.8, 4) is 17.2 Å². The van der Waals surface area contributed by atoms with E-state index in [9.17, 15) is 17.2 Å². The van der Waals surface area contributed by atoms with E-state index in [1.54, 1.807) is 25.1 Å². The molecule has 200 valence electrons. The number of pyridine rings is 1. The summed E-state index contributed by atoms with van der Waals surface area (Å²) < 4.78 is 82.2. The Balaban J connectivity index is 1.75. The summed E-state index contributed by atoms with van der Waals surface area (Å²) in [6.45, 7) is 8.45. The monoisotopic (exact) mass is 617 g/mol. The minimum atomic E-state index is -4.59. The van der Waals surface area contributed by atoms with E-state index in [2.05, 4.69) is 25.8 Å². The molecule has 0 aliphatic heterocycles. The molecule has 1 heterocycles. The molecular formula is C27H19BrF3N3O4S. The molecule has 4 aromatic rings. The number of anilines is 1. The molecule has 4 rings (SSSR count). The van der Waals surface area contributed by atoms with E-state index >= 15 is 4.39 Å². The van der Waals surface area contributed by atoms with Crippen LogP contribution in [-0.2, 0) is 16.6 Å². The van der Waals surface area contributed by atoms with E-state index in [1.807, 2.05) is 0 Å². The number of halogens is 4. The zero-order chi connectivity index (χ0) is 28.3. The van der Waals surface area contributed by atoms with Gasteiger partial charge in [0, 0.05) is 12.1 Å². The smallest absolute Gasteiger partial charge is 0.268 e. The molecule has 0 aliphatic rings. The molecule has 7 nitrogen and oxygen atoms in total. The van der Waals surface area contributed by atoms with Crippen LogP contribution in [0.15, 0.2) is 76.2 Å². The van der Waals surface area contributed by atoms with Gasteiger partial charge in [0.15, 0.2) is 0 Å². The van der Waals surface area contributed by atoms with Crippen molar-refractivity contribution in [2.45, 2.75) is 18.4 Å². The van der Waals surface area contributed by atoms with Gasteiger partial charge in [-0.25, -0.2) is 35.7 Å². The quantitative estimate of drug-likeness (QED) is 0.194. The van der Waals surface area contributed by atoms with Gasteiger partial charge in [-0.1, -0.05) is 6.07 Å². The third-order valence-electron chi connectivity index (χ3n) is 5.65. The largest absolute Gasteiger partial charge is 0.497 e. The maximum absolute atomic E-state index is 15.4. The summed E-state index contributed by atoms with van der Waals surface area (Å²) in [4.78, 5) is 6.23. The SMILES string of the molecule is [C-]#[N+]c1ccc(Oc2cc(F)c(S(=O)(=O)N(Cc3ccc(OC)cc3C)c3ccc(F)cn3)cc2Br)cc1F. The van der Waals surface area contributed by atoms with Gasteiger partial charge in [0.25, 0.3) is 10.0 Å². The average molecular weight is 618 g/mol. The van der Waals surface area contributed by atoms with Gasteiger partial charge in [-0.15, -0.1) is 0 Å². The first-order valence-electron chi connectivity index (χ1n) is 11.1. The van der Waals surface area contributed by atoms with E-state index < -0.39 is 32.4 Å². The van der Waals surface area contributed by atoms with Crippen LogP contribution >= 0.6 is 15.9 Å². The standard InChI is InChI=1S/C27H19BrF3N3O4S/c1-16-10-19(37-3)6-4-17(16)15-34(27-9-5-18(29)14-33-27)39(35,36)26-12-21(28)25(13-23(26)31)38-20-7-8-24(32-2)22(30)11-20/h4-14H,15H2,1,3H3. The van der Waals surface area contributed by atoms with Crippen molar-refractivity contribution in [2.24, 2.45) is 0 Å². The van der Waals surface area contributed by atoms with Gasteiger partial charge in [-0.05, 0) is 76.4 Å². The second-order valence-corrected chi connectivity index (χ2v) is 10.9. The summed E-state index contributed by atoms with van der Waals surface area (Å²) in [6, 6.07) is 12.6. The molecule has 0 amide bonds. The van der Waals surface area contributed by atoms with Crippen LogP contribution < -0.4 is 13.8 Å². The summed E-state index contributed by atoms with van der Waals surface area (Å²) >= 11 is 3.19. The number of hydrogen-bond donors (Lipinski definition) is 0. The van der Waals surface area contributed by atoms with Crippen molar-refractivity contribution >= 4 is 37.5 Å². The lowest BCUT2D eigenvalue weighted by Crippen LogP contribution is -2.32. The highest BCUT2D eigenvalue weighted by atomic mass is 79.9. The maximum Gasteiger partial charge on any atom is 0.268 e. The lowest BCUT2D eigenvalue weighted by molar-refractivity contribution is 0.414. The Morgan fingerprint density at radius 1 is 1.00 bits per heavy atom. The zero-order valence-corrected chi connectivity index (χ0v) is 22.9. The van der Waals surface area contributed by atoms with E-state index in [0.29, 0.717) is 16.9 Å². The highest BCUT2D eigenvalue weighted by Gasteiger charge is 2.31. The van der Waals surface area contributed by atoms with Gasteiger partial charge in [0.05, 0.1) is 30.9 Å². The summed E-state index contributed by atoms with van der Waals surface area (Å²) in [5, 5.41) is 0. The van der Waals surface area contributed by atoms with Crippen molar-refractivity contribution in [3.63, 3.8) is 0 Å². The number of benzene rings is 3. The third-order valence-corrected chi connectivity index (χ3v) is 8.04. The van der Waals surface area contributed by atoms with Crippen LogP contribution in [0.25, 0.3) is 4.85 Å². The van der Waals surface area contributed by atoms with E-state index in [-0.39, 0.29) is 34.0 Å². The Bertz CT molecular complexity index is 1690. The number of nitrogens with zero attached hydrogens (tertiary/aromatic N) is 3. The fourth-order valence-electron chi connectivity index (χ4n) is 3.61. The molecule has 0 unspecified atom stereocenters. The summed E-state index contributed by atoms with van der Waals surface area (Å²) in [7, 11) is -3.09. The molecule has 39 heavy (non-hydrogen) atoms. The van der Waals surface area contributed by atoms with E-state index in [0.717, 1.165) is 34.8 Å². The molecule has 0 saturated carbocycles. The lowest BCUT2D eigenvalue weighted by atomic mass is 10.1. The molecule has 0 atom stereocenters. The third kappa shape index (κ3) is 6.00. The van der Waals surface area contributed by atoms with E-state index in [4.69, 9.17) is 16.0 Å².